The van der Waals surface area contributed by atoms with Gasteiger partial charge in [-0.15, -0.1) is 11.3 Å². The molecule has 1 N–H and O–H groups in total. The molecule has 18 heavy (non-hydrogen) atoms. The first-order valence-corrected chi connectivity index (χ1v) is 7.32. The normalized spacial score (nSPS) is 12.9. The van der Waals surface area contributed by atoms with E-state index in [2.05, 4.69) is 24.1 Å². The number of hydrogen-bond donors (Lipinski definition) is 1. The molecule has 1 unspecified atom stereocenters. The van der Waals surface area contributed by atoms with Crippen molar-refractivity contribution in [1.29, 1.82) is 0 Å². The van der Waals surface area contributed by atoms with E-state index in [0.29, 0.717) is 16.1 Å². The predicted molar refractivity (Wildman–Crippen MR) is 78.7 cm³/mol. The van der Waals surface area contributed by atoms with Gasteiger partial charge in [-0.2, -0.15) is 0 Å². The number of hydrogen-bond acceptors (Lipinski definition) is 3. The SMILES string of the molecule is CC(C)NC(c1nccs1)c1ccc(Cl)cc1Cl. The third kappa shape index (κ3) is 3.23. The summed E-state index contributed by atoms with van der Waals surface area (Å²) in [5, 5.41) is 7.76. The van der Waals surface area contributed by atoms with Crippen LogP contribution in [0, 0.1) is 0 Å². The molecule has 0 spiro atoms. The van der Waals surface area contributed by atoms with Crippen LogP contribution in [0.25, 0.3) is 0 Å². The molecule has 2 rings (SSSR count). The van der Waals surface area contributed by atoms with Crippen molar-refractivity contribution in [2.45, 2.75) is 25.9 Å². The molecule has 0 saturated heterocycles. The molecule has 0 fully saturated rings. The molecule has 0 aliphatic carbocycles. The fourth-order valence-electron chi connectivity index (χ4n) is 1.74. The van der Waals surface area contributed by atoms with Crippen molar-refractivity contribution in [1.82, 2.24) is 10.3 Å². The monoisotopic (exact) mass is 300 g/mol. The van der Waals surface area contributed by atoms with Gasteiger partial charge in [0.05, 0.1) is 6.04 Å². The standard InChI is InChI=1S/C13H14Cl2N2S/c1-8(2)17-12(13-16-5-6-18-13)10-4-3-9(14)7-11(10)15/h3-8,12,17H,1-2H3. The van der Waals surface area contributed by atoms with Crippen LogP contribution < -0.4 is 5.32 Å². The summed E-state index contributed by atoms with van der Waals surface area (Å²) in [6.07, 6.45) is 1.80. The van der Waals surface area contributed by atoms with Crippen molar-refractivity contribution in [3.8, 4) is 0 Å². The Kier molecular flexibility index (Phi) is 4.62. The van der Waals surface area contributed by atoms with Gasteiger partial charge in [0.1, 0.15) is 5.01 Å². The number of halogens is 2. The minimum absolute atomic E-state index is 0.00904. The van der Waals surface area contributed by atoms with Crippen LogP contribution in [-0.4, -0.2) is 11.0 Å². The average Bonchev–Trinajstić information content (AvgIpc) is 2.79. The second kappa shape index (κ2) is 6.02. The van der Waals surface area contributed by atoms with Gasteiger partial charge >= 0.3 is 0 Å². The molecule has 5 heteroatoms. The summed E-state index contributed by atoms with van der Waals surface area (Å²) in [6, 6.07) is 5.92. The zero-order chi connectivity index (χ0) is 13.1. The maximum absolute atomic E-state index is 6.28. The molecule has 96 valence electrons. The first kappa shape index (κ1) is 13.8. The van der Waals surface area contributed by atoms with Crippen LogP contribution >= 0.6 is 34.5 Å². The van der Waals surface area contributed by atoms with Crippen LogP contribution in [0.2, 0.25) is 10.0 Å². The van der Waals surface area contributed by atoms with Crippen LogP contribution in [-0.2, 0) is 0 Å². The van der Waals surface area contributed by atoms with Crippen molar-refractivity contribution >= 4 is 34.5 Å². The van der Waals surface area contributed by atoms with Crippen LogP contribution in [0.1, 0.15) is 30.5 Å². The lowest BCUT2D eigenvalue weighted by Gasteiger charge is -2.20. The Morgan fingerprint density at radius 2 is 2.06 bits per heavy atom. The number of benzene rings is 1. The number of nitrogens with one attached hydrogen (secondary N) is 1. The van der Waals surface area contributed by atoms with Crippen LogP contribution in [0.5, 0.6) is 0 Å². The van der Waals surface area contributed by atoms with Gasteiger partial charge in [-0.1, -0.05) is 29.3 Å². The average molecular weight is 301 g/mol. The first-order valence-electron chi connectivity index (χ1n) is 5.68. The number of rotatable bonds is 4. The van der Waals surface area contributed by atoms with E-state index in [-0.39, 0.29) is 6.04 Å². The van der Waals surface area contributed by atoms with E-state index in [1.807, 2.05) is 17.5 Å². The van der Waals surface area contributed by atoms with Crippen molar-refractivity contribution in [3.05, 3.63) is 50.4 Å². The van der Waals surface area contributed by atoms with Crippen LogP contribution in [0.3, 0.4) is 0 Å². The highest BCUT2D eigenvalue weighted by molar-refractivity contribution is 7.09. The zero-order valence-electron chi connectivity index (χ0n) is 10.2. The van der Waals surface area contributed by atoms with E-state index < -0.39 is 0 Å². The summed E-state index contributed by atoms with van der Waals surface area (Å²) in [4.78, 5) is 4.37. The molecule has 1 heterocycles. The van der Waals surface area contributed by atoms with Crippen molar-refractivity contribution in [2.75, 3.05) is 0 Å². The molecule has 0 radical (unpaired) electrons. The molecule has 2 nitrogen and oxygen atoms in total. The first-order chi connectivity index (χ1) is 8.58. The summed E-state index contributed by atoms with van der Waals surface area (Å²) in [5.74, 6) is 0. The highest BCUT2D eigenvalue weighted by Gasteiger charge is 2.20. The van der Waals surface area contributed by atoms with Crippen LogP contribution in [0.15, 0.2) is 29.8 Å². The maximum Gasteiger partial charge on any atom is 0.114 e. The predicted octanol–water partition coefficient (Wildman–Crippen LogP) is 4.54. The molecular weight excluding hydrogens is 287 g/mol. The fourth-order valence-corrected chi connectivity index (χ4v) is 2.97. The molecule has 2 aromatic rings. The van der Waals surface area contributed by atoms with Gasteiger partial charge in [0.25, 0.3) is 0 Å². The largest absolute Gasteiger partial charge is 0.302 e. The highest BCUT2D eigenvalue weighted by Crippen LogP contribution is 2.31. The van der Waals surface area contributed by atoms with Gasteiger partial charge in [0.15, 0.2) is 0 Å². The van der Waals surface area contributed by atoms with Gasteiger partial charge in [0, 0.05) is 27.7 Å². The number of nitrogens with zero attached hydrogens (tertiary/aromatic N) is 1. The maximum atomic E-state index is 6.28. The minimum atomic E-state index is 0.00904. The summed E-state index contributed by atoms with van der Waals surface area (Å²) in [5.41, 5.74) is 1.00. The van der Waals surface area contributed by atoms with E-state index in [1.54, 1.807) is 23.6 Å². The summed E-state index contributed by atoms with van der Waals surface area (Å²) < 4.78 is 0. The molecule has 0 bridgehead atoms. The second-order valence-electron chi connectivity index (χ2n) is 4.29. The van der Waals surface area contributed by atoms with Gasteiger partial charge in [0.2, 0.25) is 0 Å². The Hall–Kier alpha value is -0.610. The van der Waals surface area contributed by atoms with Crippen molar-refractivity contribution in [3.63, 3.8) is 0 Å². The topological polar surface area (TPSA) is 24.9 Å². The molecule has 0 amide bonds. The van der Waals surface area contributed by atoms with Gasteiger partial charge < -0.3 is 5.32 Å². The Balaban J connectivity index is 2.40. The lowest BCUT2D eigenvalue weighted by atomic mass is 10.1. The number of aromatic nitrogens is 1. The third-order valence-corrected chi connectivity index (χ3v) is 3.87. The van der Waals surface area contributed by atoms with Crippen molar-refractivity contribution in [2.24, 2.45) is 0 Å². The third-order valence-electron chi connectivity index (χ3n) is 2.47. The highest BCUT2D eigenvalue weighted by atomic mass is 35.5. The molecular formula is C13H14Cl2N2S. The molecule has 1 aromatic carbocycles. The Morgan fingerprint density at radius 3 is 2.61 bits per heavy atom. The Labute approximate surface area is 121 Å². The molecule has 0 aliphatic rings. The number of thiazole rings is 1. The van der Waals surface area contributed by atoms with E-state index in [9.17, 15) is 0 Å². The van der Waals surface area contributed by atoms with Gasteiger partial charge in [-0.3, -0.25) is 0 Å². The lowest BCUT2D eigenvalue weighted by molar-refractivity contribution is 0.527. The van der Waals surface area contributed by atoms with E-state index in [1.165, 1.54) is 0 Å². The molecule has 0 aliphatic heterocycles. The molecule has 0 saturated carbocycles. The minimum Gasteiger partial charge on any atom is -0.302 e. The Morgan fingerprint density at radius 1 is 1.28 bits per heavy atom. The molecule has 1 aromatic heterocycles. The summed E-state index contributed by atoms with van der Waals surface area (Å²) in [6.45, 7) is 4.20. The second-order valence-corrected chi connectivity index (χ2v) is 6.06. The smallest absolute Gasteiger partial charge is 0.114 e. The van der Waals surface area contributed by atoms with Crippen LogP contribution in [0.4, 0.5) is 0 Å². The summed E-state index contributed by atoms with van der Waals surface area (Å²) in [7, 11) is 0. The van der Waals surface area contributed by atoms with E-state index in [0.717, 1.165) is 10.6 Å². The summed E-state index contributed by atoms with van der Waals surface area (Å²) >= 11 is 13.8. The quantitative estimate of drug-likeness (QED) is 0.897. The van der Waals surface area contributed by atoms with E-state index >= 15 is 0 Å². The van der Waals surface area contributed by atoms with Gasteiger partial charge in [-0.25, -0.2) is 4.98 Å². The Bertz CT molecular complexity index is 512. The fraction of sp³-hybridized carbons (Fsp3) is 0.308. The molecule has 1 atom stereocenters. The van der Waals surface area contributed by atoms with Gasteiger partial charge in [-0.05, 0) is 31.5 Å². The van der Waals surface area contributed by atoms with E-state index in [4.69, 9.17) is 23.2 Å². The zero-order valence-corrected chi connectivity index (χ0v) is 12.5. The van der Waals surface area contributed by atoms with Crippen molar-refractivity contribution < 1.29 is 0 Å². The lowest BCUT2D eigenvalue weighted by Crippen LogP contribution is -2.29.